The van der Waals surface area contributed by atoms with Crippen LogP contribution in [0.4, 0.5) is 15.7 Å². The van der Waals surface area contributed by atoms with E-state index in [1.807, 2.05) is 0 Å². The van der Waals surface area contributed by atoms with Gasteiger partial charge in [0.2, 0.25) is 16.0 Å². The summed E-state index contributed by atoms with van der Waals surface area (Å²) in [4.78, 5) is 7.11. The molecule has 0 aliphatic heterocycles. The highest BCUT2D eigenvalue weighted by atomic mass is 35.5. The Morgan fingerprint density at radius 1 is 0.841 bits per heavy atom. The van der Waals surface area contributed by atoms with Crippen LogP contribution in [0.5, 0.6) is 5.75 Å². The van der Waals surface area contributed by atoms with Crippen LogP contribution >= 0.6 is 23.2 Å². The Hall–Kier alpha value is -3.62. The fourth-order valence-electron chi connectivity index (χ4n) is 3.57. The Labute approximate surface area is 261 Å². The number of nitrogens with two attached hydrogens (primary N) is 2. The van der Waals surface area contributed by atoms with E-state index in [9.17, 15) is 20.7 Å². The number of nitrogens with zero attached hydrogens (tertiary/aromatic N) is 2. The van der Waals surface area contributed by atoms with E-state index in [4.69, 9.17) is 56.9 Å². The topological polar surface area (TPSA) is 242 Å². The van der Waals surface area contributed by atoms with Crippen molar-refractivity contribution >= 4 is 65.6 Å². The molecule has 14 nitrogen and oxygen atoms in total. The van der Waals surface area contributed by atoms with Crippen molar-refractivity contribution in [3.63, 3.8) is 0 Å². The van der Waals surface area contributed by atoms with Crippen LogP contribution < -0.4 is 20.9 Å². The Balaban J connectivity index is 0.000000978. The molecule has 0 bridgehead atoms. The minimum Gasteiger partial charge on any atom is -0.487 e. The van der Waals surface area contributed by atoms with Gasteiger partial charge in [0.05, 0.1) is 25.5 Å². The summed E-state index contributed by atoms with van der Waals surface area (Å²) in [5.74, 6) is 0.447. The van der Waals surface area contributed by atoms with Crippen LogP contribution in [0.15, 0.2) is 76.5 Å². The monoisotopic (exact) mass is 709 g/mol. The molecule has 4 rings (SSSR count). The van der Waals surface area contributed by atoms with E-state index in [2.05, 4.69) is 14.7 Å². The van der Waals surface area contributed by atoms with E-state index in [0.29, 0.717) is 38.2 Å². The van der Waals surface area contributed by atoms with Gasteiger partial charge in [0, 0.05) is 12.1 Å². The molecule has 0 unspecified atom stereocenters. The van der Waals surface area contributed by atoms with E-state index in [1.54, 1.807) is 42.5 Å². The highest BCUT2D eigenvalue weighted by molar-refractivity contribution is 7.89. The molecule has 44 heavy (non-hydrogen) atoms. The minimum absolute atomic E-state index is 0.0531. The fourth-order valence-corrected chi connectivity index (χ4v) is 5.51. The van der Waals surface area contributed by atoms with E-state index in [0.717, 1.165) is 24.3 Å². The lowest BCUT2D eigenvalue weighted by molar-refractivity contribution is 0.301. The maximum Gasteiger partial charge on any atom is 0.394 e. The van der Waals surface area contributed by atoms with Crippen molar-refractivity contribution in [1.82, 2.24) is 14.7 Å². The number of halogens is 3. The third-order valence-corrected chi connectivity index (χ3v) is 8.33. The number of aromatic nitrogens is 2. The Bertz CT molecular complexity index is 2010. The summed E-state index contributed by atoms with van der Waals surface area (Å²) in [5, 5.41) is 0.672. The van der Waals surface area contributed by atoms with Gasteiger partial charge in [-0.15, -0.1) is 3.89 Å². The van der Waals surface area contributed by atoms with Gasteiger partial charge < -0.3 is 16.2 Å². The molecule has 7 N–H and O–H groups in total. The Kier molecular flexibility index (Phi) is 11.1. The highest BCUT2D eigenvalue weighted by Crippen LogP contribution is 2.33. The lowest BCUT2D eigenvalue weighted by Crippen LogP contribution is -2.23. The van der Waals surface area contributed by atoms with Gasteiger partial charge in [-0.3, -0.25) is 9.11 Å². The van der Waals surface area contributed by atoms with Crippen molar-refractivity contribution in [3.8, 4) is 16.9 Å². The third-order valence-electron chi connectivity index (χ3n) is 5.38. The van der Waals surface area contributed by atoms with Gasteiger partial charge in [0.25, 0.3) is 0 Å². The zero-order chi connectivity index (χ0) is 32.9. The zero-order valence-corrected chi connectivity index (χ0v) is 25.9. The summed E-state index contributed by atoms with van der Waals surface area (Å²) in [7, 11) is -13.9. The first-order valence-corrected chi connectivity index (χ1v) is 16.7. The van der Waals surface area contributed by atoms with E-state index in [-0.39, 0.29) is 24.9 Å². The maximum absolute atomic E-state index is 13.3. The van der Waals surface area contributed by atoms with Crippen LogP contribution in [-0.2, 0) is 43.8 Å². The number of anilines is 2. The molecular weight excluding hydrogens is 688 g/mol. The summed E-state index contributed by atoms with van der Waals surface area (Å²) in [6.07, 6.45) is 0. The fraction of sp³-hybridized carbons (Fsp3) is 0.0833. The van der Waals surface area contributed by atoms with Gasteiger partial charge in [0.15, 0.2) is 0 Å². The van der Waals surface area contributed by atoms with Crippen LogP contribution in [0.25, 0.3) is 11.1 Å². The largest absolute Gasteiger partial charge is 0.487 e. The van der Waals surface area contributed by atoms with Crippen molar-refractivity contribution < 1.29 is 43.0 Å². The van der Waals surface area contributed by atoms with Crippen LogP contribution in [0.3, 0.4) is 0 Å². The maximum atomic E-state index is 13.3. The number of benzene rings is 3. The molecule has 0 atom stereocenters. The average Bonchev–Trinajstić information content (AvgIpc) is 2.91. The first-order valence-electron chi connectivity index (χ1n) is 11.7. The van der Waals surface area contributed by atoms with Crippen molar-refractivity contribution in [2.45, 2.75) is 22.9 Å². The molecule has 1 heterocycles. The average molecular weight is 711 g/mol. The molecule has 0 aliphatic carbocycles. The molecule has 0 aliphatic rings. The molecule has 20 heteroatoms. The van der Waals surface area contributed by atoms with Crippen LogP contribution in [-0.4, -0.2) is 44.3 Å². The molecule has 236 valence electrons. The Morgan fingerprint density at radius 2 is 1.48 bits per heavy atom. The van der Waals surface area contributed by atoms with Gasteiger partial charge in [-0.2, -0.15) is 21.8 Å². The predicted molar refractivity (Wildman–Crippen MR) is 160 cm³/mol. The van der Waals surface area contributed by atoms with Crippen molar-refractivity contribution in [2.75, 3.05) is 11.5 Å². The van der Waals surface area contributed by atoms with Gasteiger partial charge in [-0.05, 0) is 53.6 Å². The predicted octanol–water partition coefficient (Wildman–Crippen LogP) is 3.68. The first-order chi connectivity index (χ1) is 20.3. The molecule has 0 amide bonds. The second-order valence-electron chi connectivity index (χ2n) is 8.54. The number of hydrogen-bond donors (Lipinski definition) is 5. The smallest absolute Gasteiger partial charge is 0.394 e. The third kappa shape index (κ3) is 10.2. The molecule has 0 saturated carbocycles. The molecule has 0 saturated heterocycles. The van der Waals surface area contributed by atoms with Crippen LogP contribution in [0, 0.1) is 0 Å². The molecule has 3 aromatic carbocycles. The number of sulfonamides is 1. The number of nitrogens with one attached hydrogen (secondary N) is 1. The Morgan fingerprint density at radius 3 is 2.11 bits per heavy atom. The van der Waals surface area contributed by atoms with E-state index >= 15 is 0 Å². The molecule has 0 spiro atoms. The number of rotatable bonds is 9. The molecular formula is C24H22Cl2FN5O9S3. The lowest BCUT2D eigenvalue weighted by Gasteiger charge is -2.14. The van der Waals surface area contributed by atoms with Crippen molar-refractivity contribution in [3.05, 3.63) is 88.0 Å². The second-order valence-corrected chi connectivity index (χ2v) is 13.4. The van der Waals surface area contributed by atoms with Gasteiger partial charge in [0.1, 0.15) is 18.2 Å². The zero-order valence-electron chi connectivity index (χ0n) is 21.9. The summed E-state index contributed by atoms with van der Waals surface area (Å²) < 4.78 is 101. The molecule has 4 aromatic rings. The summed E-state index contributed by atoms with van der Waals surface area (Å²) in [5.41, 5.74) is 13.9. The van der Waals surface area contributed by atoms with Crippen molar-refractivity contribution in [1.29, 1.82) is 0 Å². The number of hydrogen-bond acceptors (Lipinski definition) is 11. The van der Waals surface area contributed by atoms with Gasteiger partial charge in [-0.1, -0.05) is 47.5 Å². The molecule has 0 fully saturated rings. The normalized spacial score (nSPS) is 11.8. The molecule has 1 aromatic heterocycles. The van der Waals surface area contributed by atoms with E-state index in [1.165, 1.54) is 0 Å². The lowest BCUT2D eigenvalue weighted by atomic mass is 10.0. The van der Waals surface area contributed by atoms with E-state index < -0.39 is 40.4 Å². The summed E-state index contributed by atoms with van der Waals surface area (Å²) in [6, 6.07) is 15.5. The summed E-state index contributed by atoms with van der Waals surface area (Å²) >= 11 is 12.2. The summed E-state index contributed by atoms with van der Waals surface area (Å²) in [6.45, 7) is -0.222. The SMILES string of the molecule is Nc1nc(N)c(-c2ccc(Cl)c(Cl)c2)c(COc2cccc(CNS(=O)(=O)c3cccc(S(=O)(=O)F)c3)c2)n1.O=S(=O)(O)O. The molecule has 0 radical (unpaired) electrons. The van der Waals surface area contributed by atoms with Crippen molar-refractivity contribution in [2.24, 2.45) is 0 Å². The second kappa shape index (κ2) is 14.0. The van der Waals surface area contributed by atoms with Gasteiger partial charge in [-0.25, -0.2) is 18.1 Å². The van der Waals surface area contributed by atoms with Crippen LogP contribution in [0.2, 0.25) is 10.0 Å². The number of ether oxygens (including phenoxy) is 1. The standard InChI is InChI=1S/C24H20Cl2FN5O5S2.H2O4S/c25-19-8-7-15(10-20(19)26)22-21(31-24(29)32-23(22)28)13-37-16-4-1-3-14(9-16)12-30-39(35,36)18-6-2-5-17(11-18)38(27,33)34;1-5(2,3)4/h1-11,30H,12-13H2,(H4,28,29,31,32);(H2,1,2,3,4). The number of nitrogen functional groups attached to an aromatic ring is 2. The minimum atomic E-state index is -5.06. The quantitative estimate of drug-likeness (QED) is 0.123. The first kappa shape index (κ1) is 34.9. The highest BCUT2D eigenvalue weighted by Gasteiger charge is 2.19. The van der Waals surface area contributed by atoms with Gasteiger partial charge >= 0.3 is 20.6 Å². The van der Waals surface area contributed by atoms with Crippen LogP contribution in [0.1, 0.15) is 11.3 Å².